The van der Waals surface area contributed by atoms with E-state index in [0.29, 0.717) is 62.6 Å². The number of benzene rings is 2. The predicted molar refractivity (Wildman–Crippen MR) is 138 cm³/mol. The van der Waals surface area contributed by atoms with Crippen LogP contribution in [0, 0.1) is 5.82 Å². The SMILES string of the molecule is CCc1c(S(N)(=O)=O)ccc(N2CCOCC2)c1C(=O)N1CCN(c2ccc(S(C)(=O)=O)cc2F)CC1. The van der Waals surface area contributed by atoms with Crippen LogP contribution in [-0.2, 0) is 31.0 Å². The number of nitrogens with two attached hydrogens (primary N) is 1. The van der Waals surface area contributed by atoms with Crippen LogP contribution in [0.2, 0.25) is 0 Å². The van der Waals surface area contributed by atoms with Crippen LogP contribution in [0.5, 0.6) is 0 Å². The van der Waals surface area contributed by atoms with Crippen molar-refractivity contribution in [2.24, 2.45) is 5.14 Å². The highest BCUT2D eigenvalue weighted by molar-refractivity contribution is 7.90. The number of carbonyl (C=O) groups excluding carboxylic acids is 1. The molecule has 0 aromatic heterocycles. The first-order valence-electron chi connectivity index (χ1n) is 12.0. The van der Waals surface area contributed by atoms with Crippen LogP contribution in [0.15, 0.2) is 40.1 Å². The molecule has 13 heteroatoms. The summed E-state index contributed by atoms with van der Waals surface area (Å²) in [5.41, 5.74) is 1.59. The summed E-state index contributed by atoms with van der Waals surface area (Å²) in [5, 5.41) is 5.48. The highest BCUT2D eigenvalue weighted by Crippen LogP contribution is 2.32. The molecule has 10 nitrogen and oxygen atoms in total. The van der Waals surface area contributed by atoms with Crippen molar-refractivity contribution >= 4 is 37.1 Å². The van der Waals surface area contributed by atoms with E-state index in [1.807, 2.05) is 4.90 Å². The molecule has 0 radical (unpaired) electrons. The Morgan fingerprint density at radius 3 is 2.08 bits per heavy atom. The number of rotatable bonds is 6. The highest BCUT2D eigenvalue weighted by atomic mass is 32.2. The number of anilines is 2. The number of nitrogens with zero attached hydrogens (tertiary/aromatic N) is 3. The molecule has 2 N–H and O–H groups in total. The Labute approximate surface area is 216 Å². The van der Waals surface area contributed by atoms with Gasteiger partial charge in [-0.2, -0.15) is 0 Å². The van der Waals surface area contributed by atoms with Crippen molar-refractivity contribution < 1.29 is 30.8 Å². The van der Waals surface area contributed by atoms with Crippen molar-refractivity contribution in [3.63, 3.8) is 0 Å². The van der Waals surface area contributed by atoms with Crippen molar-refractivity contribution in [2.45, 2.75) is 23.1 Å². The molecule has 2 aliphatic heterocycles. The Bertz CT molecular complexity index is 1400. The number of sulfone groups is 1. The van der Waals surface area contributed by atoms with E-state index in [2.05, 4.69) is 0 Å². The van der Waals surface area contributed by atoms with E-state index < -0.39 is 25.7 Å². The monoisotopic (exact) mass is 554 g/mol. The summed E-state index contributed by atoms with van der Waals surface area (Å²) in [5.74, 6) is -0.956. The largest absolute Gasteiger partial charge is 0.378 e. The summed E-state index contributed by atoms with van der Waals surface area (Å²) >= 11 is 0. The van der Waals surface area contributed by atoms with Crippen LogP contribution < -0.4 is 14.9 Å². The Kier molecular flexibility index (Phi) is 7.79. The quantitative estimate of drug-likeness (QED) is 0.565. The summed E-state index contributed by atoms with van der Waals surface area (Å²) in [6.45, 7) is 5.10. The number of halogens is 1. The molecule has 2 aliphatic rings. The lowest BCUT2D eigenvalue weighted by atomic mass is 10.00. The Morgan fingerprint density at radius 2 is 1.54 bits per heavy atom. The van der Waals surface area contributed by atoms with Gasteiger partial charge in [0.05, 0.1) is 39.9 Å². The van der Waals surface area contributed by atoms with Crippen LogP contribution in [0.3, 0.4) is 0 Å². The molecule has 37 heavy (non-hydrogen) atoms. The van der Waals surface area contributed by atoms with Crippen molar-refractivity contribution in [1.82, 2.24) is 4.90 Å². The van der Waals surface area contributed by atoms with Gasteiger partial charge in [-0.05, 0) is 42.3 Å². The van der Waals surface area contributed by atoms with Crippen LogP contribution >= 0.6 is 0 Å². The average Bonchev–Trinajstić information content (AvgIpc) is 2.87. The van der Waals surface area contributed by atoms with Crippen molar-refractivity contribution in [2.75, 3.05) is 68.5 Å². The molecule has 0 unspecified atom stereocenters. The van der Waals surface area contributed by atoms with Crippen LogP contribution in [-0.4, -0.2) is 86.4 Å². The summed E-state index contributed by atoms with van der Waals surface area (Å²) in [4.78, 5) is 19.1. The maximum atomic E-state index is 14.7. The number of morpholine rings is 1. The number of sulfonamides is 1. The molecular formula is C24H31FN4O6S2. The first kappa shape index (κ1) is 27.3. The zero-order valence-electron chi connectivity index (χ0n) is 20.8. The fourth-order valence-corrected chi connectivity index (χ4v) is 6.30. The second kappa shape index (κ2) is 10.6. The first-order chi connectivity index (χ1) is 17.4. The molecule has 202 valence electrons. The second-order valence-corrected chi connectivity index (χ2v) is 12.6. The molecule has 2 aromatic carbocycles. The molecule has 0 atom stereocenters. The van der Waals surface area contributed by atoms with E-state index in [9.17, 15) is 26.0 Å². The third kappa shape index (κ3) is 5.74. The molecule has 1 amide bonds. The van der Waals surface area contributed by atoms with Gasteiger partial charge in [0.2, 0.25) is 10.0 Å². The van der Waals surface area contributed by atoms with Crippen LogP contribution in [0.25, 0.3) is 0 Å². The van der Waals surface area contributed by atoms with Crippen LogP contribution in [0.4, 0.5) is 15.8 Å². The van der Waals surface area contributed by atoms with Gasteiger partial charge in [-0.15, -0.1) is 0 Å². The van der Waals surface area contributed by atoms with Crippen molar-refractivity contribution in [3.05, 3.63) is 47.3 Å². The molecule has 0 aliphatic carbocycles. The number of ether oxygens (including phenoxy) is 1. The third-order valence-electron chi connectivity index (χ3n) is 6.73. The van der Waals surface area contributed by atoms with Gasteiger partial charge in [-0.1, -0.05) is 6.92 Å². The van der Waals surface area contributed by atoms with Gasteiger partial charge in [0.15, 0.2) is 9.84 Å². The van der Waals surface area contributed by atoms with E-state index in [1.165, 1.54) is 18.2 Å². The van der Waals surface area contributed by atoms with E-state index in [1.54, 1.807) is 22.8 Å². The summed E-state index contributed by atoms with van der Waals surface area (Å²) < 4.78 is 68.2. The van der Waals surface area contributed by atoms with E-state index in [4.69, 9.17) is 9.88 Å². The predicted octanol–water partition coefficient (Wildman–Crippen LogP) is 1.24. The maximum absolute atomic E-state index is 14.7. The molecule has 0 saturated carbocycles. The smallest absolute Gasteiger partial charge is 0.256 e. The summed E-state index contributed by atoms with van der Waals surface area (Å²) in [7, 11) is -7.58. The minimum absolute atomic E-state index is 0.0676. The standard InChI is InChI=1S/C24H31FN4O6S2/c1-3-18-22(37(26,33)34)7-6-21(28-12-14-35-15-13-28)23(18)24(30)29-10-8-27(9-11-29)20-5-4-17(16-19(20)25)36(2,31)32/h4-7,16H,3,8-15H2,1-2H3,(H2,26,33,34). The van der Waals surface area contributed by atoms with Crippen molar-refractivity contribution in [3.8, 4) is 0 Å². The number of hydrogen-bond acceptors (Lipinski definition) is 8. The van der Waals surface area contributed by atoms with Gasteiger partial charge in [0.25, 0.3) is 5.91 Å². The Morgan fingerprint density at radius 1 is 0.946 bits per heavy atom. The zero-order valence-corrected chi connectivity index (χ0v) is 22.4. The molecule has 2 aromatic rings. The van der Waals surface area contributed by atoms with Gasteiger partial charge >= 0.3 is 0 Å². The number of amides is 1. The minimum atomic E-state index is -4.05. The number of hydrogen-bond donors (Lipinski definition) is 1. The van der Waals surface area contributed by atoms with Gasteiger partial charge in [-0.3, -0.25) is 4.79 Å². The topological polar surface area (TPSA) is 130 Å². The highest BCUT2D eigenvalue weighted by Gasteiger charge is 2.31. The van der Waals surface area contributed by atoms with Gasteiger partial charge < -0.3 is 19.4 Å². The number of primary sulfonamides is 1. The zero-order chi connectivity index (χ0) is 27.0. The number of piperazine rings is 1. The average molecular weight is 555 g/mol. The normalized spacial score (nSPS) is 17.2. The maximum Gasteiger partial charge on any atom is 0.256 e. The van der Waals surface area contributed by atoms with Gasteiger partial charge in [0, 0.05) is 45.5 Å². The molecule has 4 rings (SSSR count). The first-order valence-corrected chi connectivity index (χ1v) is 15.4. The molecule has 2 fully saturated rings. The molecule has 2 heterocycles. The second-order valence-electron chi connectivity index (χ2n) is 9.10. The lowest BCUT2D eigenvalue weighted by Gasteiger charge is -2.38. The molecular weight excluding hydrogens is 523 g/mol. The molecule has 0 bridgehead atoms. The number of carbonyl (C=O) groups is 1. The van der Waals surface area contributed by atoms with E-state index in [0.717, 1.165) is 12.3 Å². The molecule has 0 spiro atoms. The van der Waals surface area contributed by atoms with Crippen molar-refractivity contribution in [1.29, 1.82) is 0 Å². The Balaban J connectivity index is 1.62. The van der Waals surface area contributed by atoms with Gasteiger partial charge in [-0.25, -0.2) is 26.4 Å². The van der Waals surface area contributed by atoms with E-state index >= 15 is 0 Å². The van der Waals surface area contributed by atoms with E-state index in [-0.39, 0.29) is 34.5 Å². The minimum Gasteiger partial charge on any atom is -0.378 e. The summed E-state index contributed by atoms with van der Waals surface area (Å²) in [6, 6.07) is 6.89. The fraction of sp³-hybridized carbons (Fsp3) is 0.458. The fourth-order valence-electron chi connectivity index (χ4n) is 4.82. The third-order valence-corrected chi connectivity index (χ3v) is 8.83. The lowest BCUT2D eigenvalue weighted by Crippen LogP contribution is -2.49. The van der Waals surface area contributed by atoms with Crippen LogP contribution in [0.1, 0.15) is 22.8 Å². The Hall–Kier alpha value is -2.74. The van der Waals surface area contributed by atoms with Gasteiger partial charge in [0.1, 0.15) is 5.82 Å². The molecule has 2 saturated heterocycles. The lowest BCUT2D eigenvalue weighted by molar-refractivity contribution is 0.0744. The summed E-state index contributed by atoms with van der Waals surface area (Å²) in [6.07, 6.45) is 1.31.